The summed E-state index contributed by atoms with van der Waals surface area (Å²) in [6.45, 7) is 1.36. The molecule has 0 saturated carbocycles. The topological polar surface area (TPSA) is 84.6 Å². The molecule has 8 nitrogen and oxygen atoms in total. The molecule has 2 aromatic rings. The van der Waals surface area contributed by atoms with Crippen LogP contribution >= 0.6 is 0 Å². The van der Waals surface area contributed by atoms with Gasteiger partial charge >= 0.3 is 0 Å². The van der Waals surface area contributed by atoms with Crippen LogP contribution in [0.25, 0.3) is 0 Å². The zero-order valence-electron chi connectivity index (χ0n) is 12.5. The highest BCUT2D eigenvalue weighted by atomic mass is 16.5. The molecule has 0 radical (unpaired) electrons. The summed E-state index contributed by atoms with van der Waals surface area (Å²) in [6.07, 6.45) is 4.35. The molecule has 0 aromatic carbocycles. The number of hydrogen-bond acceptors (Lipinski definition) is 7. The van der Waals surface area contributed by atoms with E-state index >= 15 is 0 Å². The minimum atomic E-state index is -0.310. The van der Waals surface area contributed by atoms with Gasteiger partial charge in [0, 0.05) is 39.1 Å². The molecule has 3 heterocycles. The van der Waals surface area contributed by atoms with Crippen LogP contribution in [0.1, 0.15) is 22.3 Å². The van der Waals surface area contributed by atoms with Gasteiger partial charge in [0.25, 0.3) is 5.91 Å². The zero-order chi connectivity index (χ0) is 15.5. The number of morpholine rings is 1. The van der Waals surface area contributed by atoms with Crippen LogP contribution in [0.15, 0.2) is 29.2 Å². The minimum absolute atomic E-state index is 0.169. The monoisotopic (exact) mass is 303 g/mol. The molecule has 3 rings (SSSR count). The number of ether oxygens (including phenoxy) is 1. The maximum absolute atomic E-state index is 12.4. The van der Waals surface area contributed by atoms with Crippen molar-refractivity contribution in [3.8, 4) is 0 Å². The van der Waals surface area contributed by atoms with E-state index in [0.29, 0.717) is 25.4 Å². The molecule has 1 aliphatic rings. The molecule has 1 amide bonds. The van der Waals surface area contributed by atoms with E-state index in [1.165, 1.54) is 6.26 Å². The van der Waals surface area contributed by atoms with E-state index in [0.717, 1.165) is 11.5 Å². The van der Waals surface area contributed by atoms with Crippen molar-refractivity contribution in [2.24, 2.45) is 0 Å². The second-order valence-electron chi connectivity index (χ2n) is 5.15. The number of aromatic nitrogens is 3. The van der Waals surface area contributed by atoms with Gasteiger partial charge in [-0.25, -0.2) is 4.98 Å². The lowest BCUT2D eigenvalue weighted by molar-refractivity contribution is -0.0249. The fraction of sp³-hybridized carbons (Fsp3) is 0.429. The lowest BCUT2D eigenvalue weighted by atomic mass is 10.2. The van der Waals surface area contributed by atoms with E-state index < -0.39 is 0 Å². The Labute approximate surface area is 127 Å². The SMILES string of the molecule is CN(C)c1nccnc1C1CN(C(=O)c2ccon2)CCO1. The molecule has 8 heteroatoms. The highest BCUT2D eigenvalue weighted by Crippen LogP contribution is 2.27. The Morgan fingerprint density at radius 2 is 2.18 bits per heavy atom. The highest BCUT2D eigenvalue weighted by Gasteiger charge is 2.30. The average Bonchev–Trinajstić information content (AvgIpc) is 3.08. The molecule has 1 aliphatic heterocycles. The van der Waals surface area contributed by atoms with Crippen molar-refractivity contribution in [3.63, 3.8) is 0 Å². The molecular formula is C14H17N5O3. The van der Waals surface area contributed by atoms with Crippen molar-refractivity contribution >= 4 is 11.7 Å². The molecule has 0 N–H and O–H groups in total. The third-order valence-corrected chi connectivity index (χ3v) is 3.45. The third-order valence-electron chi connectivity index (χ3n) is 3.45. The molecule has 0 aliphatic carbocycles. The lowest BCUT2D eigenvalue weighted by Crippen LogP contribution is -2.43. The summed E-state index contributed by atoms with van der Waals surface area (Å²) in [6, 6.07) is 1.56. The normalized spacial score (nSPS) is 18.3. The van der Waals surface area contributed by atoms with Crippen LogP contribution < -0.4 is 4.90 Å². The molecule has 2 aromatic heterocycles. The molecule has 1 saturated heterocycles. The maximum Gasteiger partial charge on any atom is 0.276 e. The van der Waals surface area contributed by atoms with Gasteiger partial charge in [-0.15, -0.1) is 0 Å². The number of hydrogen-bond donors (Lipinski definition) is 0. The summed E-state index contributed by atoms with van der Waals surface area (Å²) in [4.78, 5) is 24.6. The van der Waals surface area contributed by atoms with Crippen molar-refractivity contribution < 1.29 is 14.1 Å². The van der Waals surface area contributed by atoms with Crippen LogP contribution in [-0.2, 0) is 4.74 Å². The number of rotatable bonds is 3. The van der Waals surface area contributed by atoms with Crippen LogP contribution in [0.3, 0.4) is 0 Å². The lowest BCUT2D eigenvalue weighted by Gasteiger charge is -2.33. The van der Waals surface area contributed by atoms with E-state index in [4.69, 9.17) is 9.26 Å². The second-order valence-corrected chi connectivity index (χ2v) is 5.15. The Bertz CT molecular complexity index is 644. The van der Waals surface area contributed by atoms with Gasteiger partial charge in [-0.1, -0.05) is 5.16 Å². The van der Waals surface area contributed by atoms with Crippen molar-refractivity contribution in [1.29, 1.82) is 0 Å². The summed E-state index contributed by atoms with van der Waals surface area (Å²) < 4.78 is 10.5. The fourth-order valence-electron chi connectivity index (χ4n) is 2.40. The van der Waals surface area contributed by atoms with Crippen molar-refractivity contribution in [2.45, 2.75) is 6.10 Å². The molecule has 1 fully saturated rings. The molecule has 0 spiro atoms. The van der Waals surface area contributed by atoms with Gasteiger partial charge < -0.3 is 19.1 Å². The first-order valence-electron chi connectivity index (χ1n) is 6.96. The molecule has 1 atom stereocenters. The number of anilines is 1. The third kappa shape index (κ3) is 2.77. The predicted molar refractivity (Wildman–Crippen MR) is 77.5 cm³/mol. The number of carbonyl (C=O) groups is 1. The first kappa shape index (κ1) is 14.5. The van der Waals surface area contributed by atoms with Gasteiger partial charge in [0.2, 0.25) is 0 Å². The van der Waals surface area contributed by atoms with E-state index in [1.807, 2.05) is 19.0 Å². The second kappa shape index (κ2) is 6.10. The van der Waals surface area contributed by atoms with E-state index in [2.05, 4.69) is 15.1 Å². The first-order valence-corrected chi connectivity index (χ1v) is 6.96. The minimum Gasteiger partial charge on any atom is -0.368 e. The number of carbonyl (C=O) groups excluding carboxylic acids is 1. The van der Waals surface area contributed by atoms with E-state index in [-0.39, 0.29) is 12.0 Å². The Balaban J connectivity index is 1.80. The summed E-state index contributed by atoms with van der Waals surface area (Å²) in [7, 11) is 3.79. The number of nitrogens with zero attached hydrogens (tertiary/aromatic N) is 5. The van der Waals surface area contributed by atoms with Gasteiger partial charge in [-0.3, -0.25) is 9.78 Å². The quantitative estimate of drug-likeness (QED) is 0.827. The Morgan fingerprint density at radius 3 is 2.91 bits per heavy atom. The molecular weight excluding hydrogens is 286 g/mol. The standard InChI is InChI=1S/C14H17N5O3/c1-18(2)13-12(15-4-5-16-13)11-9-19(6-8-21-11)14(20)10-3-7-22-17-10/h3-5,7,11H,6,8-9H2,1-2H3. The molecule has 0 bridgehead atoms. The smallest absolute Gasteiger partial charge is 0.276 e. The fourth-order valence-corrected chi connectivity index (χ4v) is 2.40. The maximum atomic E-state index is 12.4. The van der Waals surface area contributed by atoms with Crippen LogP contribution in [-0.4, -0.2) is 59.7 Å². The largest absolute Gasteiger partial charge is 0.368 e. The Morgan fingerprint density at radius 1 is 1.36 bits per heavy atom. The zero-order valence-corrected chi connectivity index (χ0v) is 12.5. The average molecular weight is 303 g/mol. The summed E-state index contributed by atoms with van der Waals surface area (Å²) >= 11 is 0. The van der Waals surface area contributed by atoms with Gasteiger partial charge in [0.05, 0.1) is 13.2 Å². The van der Waals surface area contributed by atoms with Crippen LogP contribution in [0.4, 0.5) is 5.82 Å². The summed E-state index contributed by atoms with van der Waals surface area (Å²) in [5.41, 5.74) is 1.03. The molecule has 22 heavy (non-hydrogen) atoms. The van der Waals surface area contributed by atoms with Crippen molar-refractivity contribution in [2.75, 3.05) is 38.7 Å². The van der Waals surface area contributed by atoms with Gasteiger partial charge in [0.1, 0.15) is 18.1 Å². The Hall–Kier alpha value is -2.48. The van der Waals surface area contributed by atoms with Gasteiger partial charge in [-0.05, 0) is 0 Å². The van der Waals surface area contributed by atoms with Crippen LogP contribution in [0.2, 0.25) is 0 Å². The Kier molecular flexibility index (Phi) is 4.01. The predicted octanol–water partition coefficient (Wildman–Crippen LogP) is 0.744. The van der Waals surface area contributed by atoms with Crippen molar-refractivity contribution in [1.82, 2.24) is 20.0 Å². The molecule has 116 valence electrons. The van der Waals surface area contributed by atoms with E-state index in [1.54, 1.807) is 23.4 Å². The number of amides is 1. The van der Waals surface area contributed by atoms with E-state index in [9.17, 15) is 4.79 Å². The first-order chi connectivity index (χ1) is 10.7. The van der Waals surface area contributed by atoms with Gasteiger partial charge in [0.15, 0.2) is 11.5 Å². The van der Waals surface area contributed by atoms with Crippen LogP contribution in [0.5, 0.6) is 0 Å². The summed E-state index contributed by atoms with van der Waals surface area (Å²) in [5.74, 6) is 0.570. The molecule has 1 unspecified atom stereocenters. The van der Waals surface area contributed by atoms with Gasteiger partial charge in [-0.2, -0.15) is 0 Å². The van der Waals surface area contributed by atoms with Crippen LogP contribution in [0, 0.1) is 0 Å². The highest BCUT2D eigenvalue weighted by molar-refractivity contribution is 5.92. The van der Waals surface area contributed by atoms with Crippen molar-refractivity contribution in [3.05, 3.63) is 36.1 Å². The summed E-state index contributed by atoms with van der Waals surface area (Å²) in [5, 5.41) is 3.69.